The average molecular weight is 317 g/mol. The van der Waals surface area contributed by atoms with Crippen LogP contribution in [0.1, 0.15) is 17.5 Å². The van der Waals surface area contributed by atoms with E-state index in [0.717, 1.165) is 12.1 Å². The summed E-state index contributed by atoms with van der Waals surface area (Å²) in [7, 11) is 0. The summed E-state index contributed by atoms with van der Waals surface area (Å²) in [5.41, 5.74) is 4.02. The van der Waals surface area contributed by atoms with E-state index in [2.05, 4.69) is 5.32 Å². The Bertz CT molecular complexity index is 555. The Morgan fingerprint density at radius 1 is 1.52 bits per heavy atom. The Hall–Kier alpha value is -1.72. The fourth-order valence-electron chi connectivity index (χ4n) is 1.56. The molecule has 21 heavy (non-hydrogen) atoms. The molecule has 1 rings (SSSR count). The molecule has 0 spiro atoms. The minimum Gasteiger partial charge on any atom is -0.325 e. The number of nitrogens with zero attached hydrogens (tertiary/aromatic N) is 1. The van der Waals surface area contributed by atoms with Crippen LogP contribution in [0.3, 0.4) is 0 Å². The summed E-state index contributed by atoms with van der Waals surface area (Å²) in [5, 5.41) is 11.0. The first-order chi connectivity index (χ1) is 9.79. The van der Waals surface area contributed by atoms with Crippen molar-refractivity contribution in [2.75, 3.05) is 17.3 Å². The maximum absolute atomic E-state index is 12.8. The van der Waals surface area contributed by atoms with Crippen molar-refractivity contribution in [3.05, 3.63) is 29.3 Å². The van der Waals surface area contributed by atoms with E-state index in [4.69, 9.17) is 11.0 Å². The van der Waals surface area contributed by atoms with Crippen LogP contribution >= 0.6 is 11.8 Å². The lowest BCUT2D eigenvalue weighted by molar-refractivity contribution is -0.137. The second-order valence-electron chi connectivity index (χ2n) is 4.25. The standard InChI is InChI=1S/C13H14F3N3OS/c1-21-5-4-11(18)12(20)19-9-3-2-8(7-17)10(6-9)13(14,15)16/h2-3,6,11H,4-5,18H2,1H3,(H,19,20)/t11-/m0/s1. The monoisotopic (exact) mass is 317 g/mol. The van der Waals surface area contributed by atoms with Gasteiger partial charge >= 0.3 is 6.18 Å². The lowest BCUT2D eigenvalue weighted by atomic mass is 10.1. The zero-order valence-electron chi connectivity index (χ0n) is 11.2. The predicted octanol–water partition coefficient (Wildman–Crippen LogP) is 2.60. The number of thioether (sulfide) groups is 1. The number of alkyl halides is 3. The Labute approximate surface area is 124 Å². The molecule has 4 nitrogen and oxygen atoms in total. The summed E-state index contributed by atoms with van der Waals surface area (Å²) in [6.45, 7) is 0. The van der Waals surface area contributed by atoms with E-state index in [1.165, 1.54) is 23.9 Å². The Morgan fingerprint density at radius 2 is 2.19 bits per heavy atom. The fraction of sp³-hybridized carbons (Fsp3) is 0.385. The van der Waals surface area contributed by atoms with Gasteiger partial charge in [-0.25, -0.2) is 0 Å². The van der Waals surface area contributed by atoms with Crippen molar-refractivity contribution >= 4 is 23.4 Å². The summed E-state index contributed by atoms with van der Waals surface area (Å²) in [4.78, 5) is 11.7. The second-order valence-corrected chi connectivity index (χ2v) is 5.23. The van der Waals surface area contributed by atoms with Gasteiger partial charge in [0.15, 0.2) is 0 Å². The number of nitriles is 1. The van der Waals surface area contributed by atoms with Gasteiger partial charge in [-0.15, -0.1) is 0 Å². The number of nitrogens with one attached hydrogen (secondary N) is 1. The molecule has 0 radical (unpaired) electrons. The molecule has 0 unspecified atom stereocenters. The number of carbonyl (C=O) groups excluding carboxylic acids is 1. The maximum Gasteiger partial charge on any atom is 0.417 e. The van der Waals surface area contributed by atoms with Crippen LogP contribution in [0.4, 0.5) is 18.9 Å². The first kappa shape index (κ1) is 17.3. The third-order valence-corrected chi connectivity index (χ3v) is 3.33. The summed E-state index contributed by atoms with van der Waals surface area (Å²) >= 11 is 1.52. The van der Waals surface area contributed by atoms with Crippen molar-refractivity contribution < 1.29 is 18.0 Å². The van der Waals surface area contributed by atoms with Crippen LogP contribution < -0.4 is 11.1 Å². The third-order valence-electron chi connectivity index (χ3n) is 2.68. The highest BCUT2D eigenvalue weighted by atomic mass is 32.2. The van der Waals surface area contributed by atoms with Crippen molar-refractivity contribution in [2.45, 2.75) is 18.6 Å². The van der Waals surface area contributed by atoms with Gasteiger partial charge in [-0.1, -0.05) is 0 Å². The molecule has 0 saturated carbocycles. The van der Waals surface area contributed by atoms with Crippen molar-refractivity contribution in [3.8, 4) is 6.07 Å². The van der Waals surface area contributed by atoms with Gasteiger partial charge in [0.25, 0.3) is 0 Å². The maximum atomic E-state index is 12.8. The Kier molecular flexibility index (Phi) is 6.05. The van der Waals surface area contributed by atoms with Crippen LogP contribution in [-0.4, -0.2) is 24.0 Å². The quantitative estimate of drug-likeness (QED) is 0.875. The molecular formula is C13H14F3N3OS. The van der Waals surface area contributed by atoms with Gasteiger partial charge in [0.1, 0.15) is 0 Å². The smallest absolute Gasteiger partial charge is 0.325 e. The number of amides is 1. The zero-order chi connectivity index (χ0) is 16.0. The topological polar surface area (TPSA) is 78.9 Å². The highest BCUT2D eigenvalue weighted by molar-refractivity contribution is 7.98. The van der Waals surface area contributed by atoms with Crippen molar-refractivity contribution in [3.63, 3.8) is 0 Å². The number of benzene rings is 1. The largest absolute Gasteiger partial charge is 0.417 e. The number of nitrogens with two attached hydrogens (primary N) is 1. The highest BCUT2D eigenvalue weighted by Gasteiger charge is 2.34. The molecule has 114 valence electrons. The minimum absolute atomic E-state index is 0.0362. The summed E-state index contributed by atoms with van der Waals surface area (Å²) in [6.07, 6.45) is -2.37. The molecule has 3 N–H and O–H groups in total. The Balaban J connectivity index is 2.91. The zero-order valence-corrected chi connectivity index (χ0v) is 12.0. The molecule has 1 aromatic carbocycles. The van der Waals surface area contributed by atoms with Crippen molar-refractivity contribution in [2.24, 2.45) is 5.73 Å². The van der Waals surface area contributed by atoms with Gasteiger partial charge in [0, 0.05) is 5.69 Å². The molecule has 0 aromatic heterocycles. The molecule has 0 saturated heterocycles. The van der Waals surface area contributed by atoms with Crippen LogP contribution in [0.2, 0.25) is 0 Å². The van der Waals surface area contributed by atoms with Crippen molar-refractivity contribution in [1.82, 2.24) is 0 Å². The number of halogens is 3. The van der Waals surface area contributed by atoms with Gasteiger partial charge in [-0.05, 0) is 36.6 Å². The van der Waals surface area contributed by atoms with Gasteiger partial charge in [-0.3, -0.25) is 4.79 Å². The lowest BCUT2D eigenvalue weighted by Crippen LogP contribution is -2.36. The van der Waals surface area contributed by atoms with Crippen LogP contribution in [0.15, 0.2) is 18.2 Å². The first-order valence-corrected chi connectivity index (χ1v) is 7.35. The van der Waals surface area contributed by atoms with E-state index >= 15 is 0 Å². The second kappa shape index (κ2) is 7.33. The lowest BCUT2D eigenvalue weighted by Gasteiger charge is -2.14. The van der Waals surface area contributed by atoms with E-state index in [9.17, 15) is 18.0 Å². The SMILES string of the molecule is CSCC[C@H](N)C(=O)Nc1ccc(C#N)c(C(F)(F)F)c1. The summed E-state index contributed by atoms with van der Waals surface area (Å²) in [6, 6.07) is 3.68. The van der Waals surface area contributed by atoms with Crippen LogP contribution in [0, 0.1) is 11.3 Å². The molecule has 0 bridgehead atoms. The molecule has 1 amide bonds. The highest BCUT2D eigenvalue weighted by Crippen LogP contribution is 2.33. The number of rotatable bonds is 5. The molecule has 1 atom stereocenters. The van der Waals surface area contributed by atoms with Gasteiger partial charge in [0.2, 0.25) is 5.91 Å². The number of carbonyl (C=O) groups is 1. The molecule has 0 aliphatic carbocycles. The number of hydrogen-bond acceptors (Lipinski definition) is 4. The molecule has 0 aliphatic heterocycles. The van der Waals surface area contributed by atoms with Crippen LogP contribution in [0.25, 0.3) is 0 Å². The van der Waals surface area contributed by atoms with E-state index < -0.39 is 29.3 Å². The molecule has 0 heterocycles. The third kappa shape index (κ3) is 4.95. The number of hydrogen-bond donors (Lipinski definition) is 2. The predicted molar refractivity (Wildman–Crippen MR) is 75.8 cm³/mol. The average Bonchev–Trinajstić information content (AvgIpc) is 2.43. The normalized spacial score (nSPS) is 12.6. The van der Waals surface area contributed by atoms with E-state index in [1.807, 2.05) is 6.26 Å². The molecular weight excluding hydrogens is 303 g/mol. The van der Waals surface area contributed by atoms with Gasteiger partial charge < -0.3 is 11.1 Å². The fourth-order valence-corrected chi connectivity index (χ4v) is 2.05. The van der Waals surface area contributed by atoms with E-state index in [-0.39, 0.29) is 5.69 Å². The Morgan fingerprint density at radius 3 is 2.71 bits per heavy atom. The molecule has 8 heteroatoms. The molecule has 1 aromatic rings. The van der Waals surface area contributed by atoms with E-state index in [0.29, 0.717) is 12.2 Å². The number of anilines is 1. The van der Waals surface area contributed by atoms with Crippen LogP contribution in [-0.2, 0) is 11.0 Å². The first-order valence-electron chi connectivity index (χ1n) is 5.96. The summed E-state index contributed by atoms with van der Waals surface area (Å²) < 4.78 is 38.4. The van der Waals surface area contributed by atoms with Crippen molar-refractivity contribution in [1.29, 1.82) is 5.26 Å². The van der Waals surface area contributed by atoms with Crippen LogP contribution in [0.5, 0.6) is 0 Å². The minimum atomic E-state index is -4.66. The van der Waals surface area contributed by atoms with Gasteiger partial charge in [-0.2, -0.15) is 30.2 Å². The molecule has 0 fully saturated rings. The summed E-state index contributed by atoms with van der Waals surface area (Å²) in [5.74, 6) is 0.123. The van der Waals surface area contributed by atoms with E-state index in [1.54, 1.807) is 0 Å². The van der Waals surface area contributed by atoms with Gasteiger partial charge in [0.05, 0.1) is 23.2 Å². The molecule has 0 aliphatic rings.